The number of hydrogen-bond donors (Lipinski definition) is 2. The van der Waals surface area contributed by atoms with E-state index in [9.17, 15) is 0 Å². The first-order valence-corrected chi connectivity index (χ1v) is 11.6. The summed E-state index contributed by atoms with van der Waals surface area (Å²) in [5.41, 5.74) is 5.51. The third-order valence-electron chi connectivity index (χ3n) is 3.20. The first-order valence-electron chi connectivity index (χ1n) is 7.59. The second-order valence-corrected chi connectivity index (χ2v) is 4.61. The molecule has 0 saturated carbocycles. The Morgan fingerprint density at radius 1 is 0.964 bits per heavy atom. The van der Waals surface area contributed by atoms with Crippen molar-refractivity contribution in [2.24, 2.45) is 0 Å². The van der Waals surface area contributed by atoms with Crippen LogP contribution in [-0.2, 0) is 35.2 Å². The van der Waals surface area contributed by atoms with E-state index in [-0.39, 0.29) is 27.8 Å². The molecule has 6 heteroatoms. The number of rotatable bonds is 0. The maximum Gasteiger partial charge on any atom is -0.0253 e. The molecule has 4 rings (SSSR count). The number of benzene rings is 2. The van der Waals surface area contributed by atoms with Gasteiger partial charge < -0.3 is 25.1 Å². The molecule has 2 aliphatic carbocycles. The molecule has 0 spiro atoms. The van der Waals surface area contributed by atoms with Crippen LogP contribution in [0.1, 0.15) is 17.5 Å². The molecule has 0 amide bonds. The van der Waals surface area contributed by atoms with Crippen molar-refractivity contribution < 1.29 is 39.0 Å². The Morgan fingerprint density at radius 3 is 2.04 bits per heavy atom. The predicted molar refractivity (Wildman–Crippen MR) is 114 cm³/mol. The van der Waals surface area contributed by atoms with E-state index < -0.39 is 0 Å². The predicted octanol–water partition coefficient (Wildman–Crippen LogP) is 3.75. The molecular weight excluding hydrogens is 404 g/mol. The molecule has 0 radical (unpaired) electrons. The van der Waals surface area contributed by atoms with Gasteiger partial charge >= 0.3 is 26.8 Å². The summed E-state index contributed by atoms with van der Waals surface area (Å²) in [5.74, 6) is 0. The molecule has 0 unspecified atom stereocenters. The van der Waals surface area contributed by atoms with Gasteiger partial charge in [0.15, 0.2) is 0 Å². The van der Waals surface area contributed by atoms with Crippen LogP contribution in [0.25, 0.3) is 11.1 Å². The molecule has 0 aromatic heterocycles. The Labute approximate surface area is 182 Å². The molecule has 2 N–H and O–H groups in total. The summed E-state index contributed by atoms with van der Waals surface area (Å²) >= 11 is 2.03. The zero-order valence-electron chi connectivity index (χ0n) is 16.3. The minimum absolute atomic E-state index is 0. The molecule has 28 heavy (non-hydrogen) atoms. The molecule has 2 aliphatic rings. The van der Waals surface area contributed by atoms with Crippen LogP contribution in [0.2, 0.25) is 0 Å². The van der Waals surface area contributed by atoms with E-state index in [2.05, 4.69) is 54.6 Å². The van der Waals surface area contributed by atoms with E-state index in [0.717, 1.165) is 12.8 Å². The summed E-state index contributed by atoms with van der Waals surface area (Å²) in [6, 6.07) is 18.1. The van der Waals surface area contributed by atoms with Gasteiger partial charge in [0.25, 0.3) is 12.9 Å². The van der Waals surface area contributed by atoms with Gasteiger partial charge in [-0.3, -0.25) is 15.7 Å². The van der Waals surface area contributed by atoms with Gasteiger partial charge in [0.1, 0.15) is 0 Å². The third kappa shape index (κ3) is 11.5. The van der Waals surface area contributed by atoms with Crippen LogP contribution in [-0.4, -0.2) is 30.8 Å². The van der Waals surface area contributed by atoms with Crippen molar-refractivity contribution in [1.82, 2.24) is 0 Å². The largest absolute Gasteiger partial charge is 0.179 e. The van der Waals surface area contributed by atoms with Crippen molar-refractivity contribution in [3.63, 3.8) is 0 Å². The monoisotopic (exact) mass is 430 g/mol. The van der Waals surface area contributed by atoms with E-state index in [1.165, 1.54) is 22.3 Å². The summed E-state index contributed by atoms with van der Waals surface area (Å²) in [7, 11) is 1.86. The second kappa shape index (κ2) is 21.1. The molecule has 0 heterocycles. The third-order valence-corrected chi connectivity index (χ3v) is 3.20. The van der Waals surface area contributed by atoms with Crippen LogP contribution in [0.5, 0.6) is 0 Å². The van der Waals surface area contributed by atoms with E-state index in [4.69, 9.17) is 19.8 Å². The summed E-state index contributed by atoms with van der Waals surface area (Å²) in [6.45, 7) is -0.500. The Kier molecular flexibility index (Phi) is 23.0. The van der Waals surface area contributed by atoms with Crippen molar-refractivity contribution in [3.05, 3.63) is 98.8 Å². The molecule has 0 fully saturated rings. The minimum Gasteiger partial charge on any atom is -0.179 e. The SMILES string of the molecule is O=CO.O=CO.[C-]1=CC=CC1.[CH3-].[CH3-].[SiH2]=[Ti].[c-]1cccc2c1Cc1ccccc1-2. The summed E-state index contributed by atoms with van der Waals surface area (Å²) in [5, 5.41) is 13.8. The average Bonchev–Trinajstić information content (AvgIpc) is 3.36. The molecule has 0 aliphatic heterocycles. The summed E-state index contributed by atoms with van der Waals surface area (Å²) in [6.07, 6.45) is 11.0. The molecule has 150 valence electrons. The fraction of sp³-hybridized carbons (Fsp3) is 0.0909. The molecule has 4 nitrogen and oxygen atoms in total. The molecule has 0 saturated heterocycles. The number of fused-ring (bicyclic) bond motifs is 3. The Morgan fingerprint density at radius 2 is 1.54 bits per heavy atom. The Balaban J connectivity index is -0.000000354. The van der Waals surface area contributed by atoms with Crippen LogP contribution < -0.4 is 0 Å². The molecular formula is C22H26O4SiTi-4. The molecule has 2 aromatic rings. The fourth-order valence-corrected chi connectivity index (χ4v) is 2.34. The van der Waals surface area contributed by atoms with Crippen molar-refractivity contribution in [2.45, 2.75) is 12.8 Å². The minimum atomic E-state index is -0.250. The summed E-state index contributed by atoms with van der Waals surface area (Å²) in [4.78, 5) is 16.7. The van der Waals surface area contributed by atoms with E-state index in [1.807, 2.05) is 45.0 Å². The molecule has 0 bridgehead atoms. The normalized spacial score (nSPS) is 9.82. The van der Waals surface area contributed by atoms with Gasteiger partial charge in [-0.05, 0) is 6.42 Å². The maximum atomic E-state index is 8.36. The van der Waals surface area contributed by atoms with E-state index in [1.54, 1.807) is 0 Å². The fourth-order valence-electron chi connectivity index (χ4n) is 2.34. The zero-order chi connectivity index (χ0) is 19.6. The second-order valence-electron chi connectivity index (χ2n) is 4.61. The van der Waals surface area contributed by atoms with Gasteiger partial charge in [-0.2, -0.15) is 35.9 Å². The molecule has 0 atom stereocenters. The van der Waals surface area contributed by atoms with Gasteiger partial charge in [0.2, 0.25) is 0 Å². The van der Waals surface area contributed by atoms with Gasteiger partial charge in [0.05, 0.1) is 0 Å². The van der Waals surface area contributed by atoms with Crippen LogP contribution >= 0.6 is 0 Å². The van der Waals surface area contributed by atoms with Crippen molar-refractivity contribution >= 4 is 20.6 Å². The maximum absolute atomic E-state index is 8.36. The van der Waals surface area contributed by atoms with Crippen molar-refractivity contribution in [3.8, 4) is 11.1 Å². The topological polar surface area (TPSA) is 74.6 Å². The summed E-state index contributed by atoms with van der Waals surface area (Å²) < 4.78 is 0. The first-order chi connectivity index (χ1) is 12.8. The van der Waals surface area contributed by atoms with Gasteiger partial charge in [0, 0.05) is 0 Å². The first kappa shape index (κ1) is 30.5. The quantitative estimate of drug-likeness (QED) is 0.324. The van der Waals surface area contributed by atoms with Crippen LogP contribution in [0.3, 0.4) is 0 Å². The van der Waals surface area contributed by atoms with Crippen LogP contribution in [0.15, 0.2) is 60.7 Å². The molecule has 2 aromatic carbocycles. The number of hydrogen-bond acceptors (Lipinski definition) is 2. The Hall–Kier alpha value is -2.21. The van der Waals surface area contributed by atoms with E-state index in [0.29, 0.717) is 0 Å². The van der Waals surface area contributed by atoms with Crippen molar-refractivity contribution in [1.29, 1.82) is 0 Å². The number of carbonyl (C=O) groups is 2. The average molecular weight is 430 g/mol. The van der Waals surface area contributed by atoms with Crippen LogP contribution in [0.4, 0.5) is 0 Å². The number of carboxylic acid groups (broad SMARTS) is 2. The van der Waals surface area contributed by atoms with Gasteiger partial charge in [-0.25, -0.2) is 12.2 Å². The zero-order valence-corrected chi connectivity index (χ0v) is 19.2. The number of allylic oxidation sites excluding steroid dienone is 4. The standard InChI is InChI=1S/C13H9.C5H5.2CH2O2.2CH3.H2Si.Ti/c1-3-7-12-10(5-1)9-11-6-2-4-8-13(11)12;1-2-4-5-3-1;2*2-1-3;;;;/h1-5,7-8H,9H2;1-3H,4H2;2*1H,(H,2,3);2*1H3;1H2;/q2*-1;;;2*-1;;. The van der Waals surface area contributed by atoms with Crippen LogP contribution in [0, 0.1) is 27.0 Å². The van der Waals surface area contributed by atoms with E-state index >= 15 is 0 Å². The Bertz CT molecular complexity index is 670. The van der Waals surface area contributed by atoms with Gasteiger partial charge in [-0.1, -0.05) is 35.4 Å². The van der Waals surface area contributed by atoms with Crippen molar-refractivity contribution in [2.75, 3.05) is 0 Å². The smallest absolute Gasteiger partial charge is 0.0253 e. The van der Waals surface area contributed by atoms with Gasteiger partial charge in [-0.15, -0.1) is 12.0 Å².